The molecule has 1 aliphatic rings. The molecule has 0 amide bonds. The summed E-state index contributed by atoms with van der Waals surface area (Å²) in [4.78, 5) is 13.5. The molecule has 1 atom stereocenters. The van der Waals surface area contributed by atoms with Crippen molar-refractivity contribution in [2.45, 2.75) is 13.8 Å². The SMILES string of the molecule is Cc1cc(-c2ccc3ncc(N4CCN(CS(=O)O)CC4)nc3c2)cc(C)c1O. The van der Waals surface area contributed by atoms with Gasteiger partial charge in [0.25, 0.3) is 0 Å². The maximum atomic E-state index is 11.0. The van der Waals surface area contributed by atoms with Crippen LogP contribution in [-0.2, 0) is 11.1 Å². The molecule has 1 fully saturated rings. The second-order valence-corrected chi connectivity index (χ2v) is 8.35. The van der Waals surface area contributed by atoms with Crippen molar-refractivity contribution in [3.05, 3.63) is 47.7 Å². The monoisotopic (exact) mass is 412 g/mol. The lowest BCUT2D eigenvalue weighted by atomic mass is 9.99. The minimum absolute atomic E-state index is 0.187. The van der Waals surface area contributed by atoms with E-state index in [2.05, 4.69) is 9.88 Å². The number of aryl methyl sites for hydroxylation is 2. The summed E-state index contributed by atoms with van der Waals surface area (Å²) in [6.07, 6.45) is 1.79. The molecular weight excluding hydrogens is 388 g/mol. The van der Waals surface area contributed by atoms with Crippen LogP contribution in [0, 0.1) is 13.8 Å². The minimum Gasteiger partial charge on any atom is -0.507 e. The molecule has 152 valence electrons. The van der Waals surface area contributed by atoms with Gasteiger partial charge in [0.2, 0.25) is 0 Å². The summed E-state index contributed by atoms with van der Waals surface area (Å²) in [7, 11) is 0. The van der Waals surface area contributed by atoms with Crippen molar-refractivity contribution >= 4 is 27.9 Å². The van der Waals surface area contributed by atoms with E-state index in [4.69, 9.17) is 9.54 Å². The third-order valence-electron chi connectivity index (χ3n) is 5.34. The molecule has 8 heteroatoms. The summed E-state index contributed by atoms with van der Waals surface area (Å²) < 4.78 is 20.1. The van der Waals surface area contributed by atoms with Gasteiger partial charge >= 0.3 is 0 Å². The first-order valence-corrected chi connectivity index (χ1v) is 10.8. The first kappa shape index (κ1) is 19.8. The van der Waals surface area contributed by atoms with Crippen LogP contribution in [0.5, 0.6) is 5.75 Å². The van der Waals surface area contributed by atoms with E-state index in [1.165, 1.54) is 0 Å². The van der Waals surface area contributed by atoms with Gasteiger partial charge in [-0.15, -0.1) is 0 Å². The third-order valence-corrected chi connectivity index (χ3v) is 5.93. The molecular formula is C21H24N4O3S. The summed E-state index contributed by atoms with van der Waals surface area (Å²) >= 11 is -1.80. The topological polar surface area (TPSA) is 89.8 Å². The van der Waals surface area contributed by atoms with Gasteiger partial charge in [-0.2, -0.15) is 0 Å². The van der Waals surface area contributed by atoms with Crippen molar-refractivity contribution in [1.82, 2.24) is 14.9 Å². The van der Waals surface area contributed by atoms with Crippen LogP contribution in [0.25, 0.3) is 22.2 Å². The van der Waals surface area contributed by atoms with Crippen molar-refractivity contribution in [2.75, 3.05) is 37.0 Å². The van der Waals surface area contributed by atoms with Crippen molar-refractivity contribution in [2.24, 2.45) is 0 Å². The molecule has 1 saturated heterocycles. The summed E-state index contributed by atoms with van der Waals surface area (Å²) in [6, 6.07) is 9.97. The van der Waals surface area contributed by atoms with Gasteiger partial charge in [-0.3, -0.25) is 9.88 Å². The fourth-order valence-electron chi connectivity index (χ4n) is 3.72. The molecule has 0 spiro atoms. The van der Waals surface area contributed by atoms with E-state index >= 15 is 0 Å². The van der Waals surface area contributed by atoms with Crippen LogP contribution in [0.15, 0.2) is 36.5 Å². The second-order valence-electron chi connectivity index (χ2n) is 7.45. The number of aromatic nitrogens is 2. The Bertz CT molecular complexity index is 1060. The van der Waals surface area contributed by atoms with Crippen molar-refractivity contribution in [3.63, 3.8) is 0 Å². The number of benzene rings is 2. The Kier molecular flexibility index (Phi) is 5.49. The standard InChI is InChI=1S/C21H24N4O3S/c1-14-9-17(10-15(2)21(14)26)16-3-4-18-19(11-16)23-20(12-22-18)25-7-5-24(6-8-25)13-29(27)28/h3-4,9-12,26H,5-8,13H2,1-2H3,(H,27,28). The zero-order valence-corrected chi connectivity index (χ0v) is 17.3. The number of nitrogens with zero attached hydrogens (tertiary/aromatic N) is 4. The van der Waals surface area contributed by atoms with Crippen molar-refractivity contribution in [3.8, 4) is 16.9 Å². The molecule has 0 saturated carbocycles. The molecule has 0 aliphatic carbocycles. The Hall–Kier alpha value is -2.55. The predicted molar refractivity (Wildman–Crippen MR) is 116 cm³/mol. The molecule has 1 unspecified atom stereocenters. The molecule has 2 heterocycles. The molecule has 1 aromatic heterocycles. The maximum Gasteiger partial charge on any atom is 0.167 e. The van der Waals surface area contributed by atoms with Gasteiger partial charge in [0.05, 0.1) is 17.2 Å². The average Bonchev–Trinajstić information content (AvgIpc) is 2.71. The van der Waals surface area contributed by atoms with E-state index in [0.29, 0.717) is 5.75 Å². The van der Waals surface area contributed by atoms with Crippen LogP contribution >= 0.6 is 0 Å². The average molecular weight is 413 g/mol. The summed E-state index contributed by atoms with van der Waals surface area (Å²) in [6.45, 7) is 6.73. The Morgan fingerprint density at radius 2 is 1.69 bits per heavy atom. The molecule has 7 nitrogen and oxygen atoms in total. The van der Waals surface area contributed by atoms with Crippen LogP contribution in [0.2, 0.25) is 0 Å². The van der Waals surface area contributed by atoms with E-state index < -0.39 is 11.1 Å². The summed E-state index contributed by atoms with van der Waals surface area (Å²) in [5.74, 6) is 1.34. The highest BCUT2D eigenvalue weighted by Crippen LogP contribution is 2.30. The summed E-state index contributed by atoms with van der Waals surface area (Å²) in [5, 5.41) is 10.0. The van der Waals surface area contributed by atoms with Crippen molar-refractivity contribution < 1.29 is 13.9 Å². The van der Waals surface area contributed by atoms with Crippen LogP contribution < -0.4 is 4.90 Å². The van der Waals surface area contributed by atoms with Gasteiger partial charge in [-0.05, 0) is 60.4 Å². The molecule has 2 N–H and O–H groups in total. The van der Waals surface area contributed by atoms with E-state index in [1.54, 1.807) is 6.20 Å². The number of piperazine rings is 1. The van der Waals surface area contributed by atoms with Crippen LogP contribution in [0.4, 0.5) is 5.82 Å². The first-order chi connectivity index (χ1) is 13.9. The lowest BCUT2D eigenvalue weighted by Gasteiger charge is -2.34. The van der Waals surface area contributed by atoms with Gasteiger partial charge in [0, 0.05) is 26.2 Å². The van der Waals surface area contributed by atoms with Crippen LogP contribution in [0.1, 0.15) is 11.1 Å². The Balaban J connectivity index is 1.60. The number of hydrogen-bond donors (Lipinski definition) is 2. The third kappa shape index (κ3) is 4.24. The number of aromatic hydroxyl groups is 1. The lowest BCUT2D eigenvalue weighted by Crippen LogP contribution is -2.47. The largest absolute Gasteiger partial charge is 0.507 e. The molecule has 29 heavy (non-hydrogen) atoms. The van der Waals surface area contributed by atoms with Gasteiger partial charge < -0.3 is 14.6 Å². The van der Waals surface area contributed by atoms with Crippen molar-refractivity contribution in [1.29, 1.82) is 0 Å². The smallest absolute Gasteiger partial charge is 0.167 e. The van der Waals surface area contributed by atoms with E-state index in [-0.39, 0.29) is 5.88 Å². The number of phenolic OH excluding ortho intramolecular Hbond substituents is 1. The lowest BCUT2D eigenvalue weighted by molar-refractivity contribution is 0.292. The molecule has 0 radical (unpaired) electrons. The number of phenols is 1. The molecule has 2 aromatic carbocycles. The Morgan fingerprint density at radius 1 is 1.00 bits per heavy atom. The molecule has 3 aromatic rings. The zero-order chi connectivity index (χ0) is 20.5. The maximum absolute atomic E-state index is 11.0. The number of hydrogen-bond acceptors (Lipinski definition) is 6. The van der Waals surface area contributed by atoms with Gasteiger partial charge in [0.1, 0.15) is 17.4 Å². The normalized spacial score (nSPS) is 16.3. The summed E-state index contributed by atoms with van der Waals surface area (Å²) in [5.41, 5.74) is 5.42. The highest BCUT2D eigenvalue weighted by atomic mass is 32.2. The second kappa shape index (κ2) is 8.06. The molecule has 0 bridgehead atoms. The zero-order valence-electron chi connectivity index (χ0n) is 16.5. The van der Waals surface area contributed by atoms with Gasteiger partial charge in [0.15, 0.2) is 11.1 Å². The Labute approximate surface area is 172 Å². The van der Waals surface area contributed by atoms with Gasteiger partial charge in [-0.1, -0.05) is 6.07 Å². The quantitative estimate of drug-likeness (QED) is 0.637. The van der Waals surface area contributed by atoms with E-state index in [0.717, 1.165) is 65.3 Å². The predicted octanol–water partition coefficient (Wildman–Crippen LogP) is 2.92. The molecule has 4 rings (SSSR count). The minimum atomic E-state index is -1.80. The highest BCUT2D eigenvalue weighted by Gasteiger charge is 2.19. The van der Waals surface area contributed by atoms with Crippen LogP contribution in [-0.4, -0.2) is 60.8 Å². The number of rotatable bonds is 4. The first-order valence-electron chi connectivity index (χ1n) is 9.53. The fourth-order valence-corrected chi connectivity index (χ4v) is 4.29. The van der Waals surface area contributed by atoms with E-state index in [1.807, 2.05) is 49.1 Å². The van der Waals surface area contributed by atoms with Gasteiger partial charge in [-0.25, -0.2) is 9.19 Å². The number of fused-ring (bicyclic) bond motifs is 1. The fraction of sp³-hybridized carbons (Fsp3) is 0.333. The number of anilines is 1. The highest BCUT2D eigenvalue weighted by molar-refractivity contribution is 7.79. The molecule has 1 aliphatic heterocycles. The van der Waals surface area contributed by atoms with E-state index in [9.17, 15) is 9.32 Å². The van der Waals surface area contributed by atoms with Crippen LogP contribution in [0.3, 0.4) is 0 Å². The Morgan fingerprint density at radius 3 is 2.34 bits per heavy atom.